The van der Waals surface area contributed by atoms with Crippen LogP contribution in [-0.2, 0) is 0 Å². The van der Waals surface area contributed by atoms with Gasteiger partial charge in [0.05, 0.1) is 17.8 Å². The summed E-state index contributed by atoms with van der Waals surface area (Å²) in [6.07, 6.45) is 0.653. The first-order valence-electron chi connectivity index (χ1n) is 8.06. The van der Waals surface area contributed by atoms with Crippen LogP contribution in [0.4, 0.5) is 10.5 Å². The summed E-state index contributed by atoms with van der Waals surface area (Å²) in [6.45, 7) is 0.814. The first kappa shape index (κ1) is 16.5. The summed E-state index contributed by atoms with van der Waals surface area (Å²) in [5, 5.41) is 12.6. The first-order valence-corrected chi connectivity index (χ1v) is 9.23. The molecule has 0 saturated carbocycles. The SMILES string of the molecule is O=C(O)N[C@H]1CCCN2c3cc(Cl)ccc3Oc3cc(Br)ccc3[C@@H]12. The Hall–Kier alpha value is -1.92. The summed E-state index contributed by atoms with van der Waals surface area (Å²) in [4.78, 5) is 13.5. The molecule has 2 atom stereocenters. The number of fused-ring (bicyclic) bond motifs is 5. The second kappa shape index (κ2) is 6.42. The molecule has 0 radical (unpaired) electrons. The standard InChI is InChI=1S/C18H16BrClN2O3/c19-10-3-5-12-16(8-10)25-15-6-4-11(20)9-14(15)22-7-1-2-13(17(12)22)21-18(23)24/h3-6,8-9,13,17,21H,1-2,7H2,(H,23,24)/t13-,17-/m0/s1. The quantitative estimate of drug-likeness (QED) is 0.663. The lowest BCUT2D eigenvalue weighted by Gasteiger charge is -2.42. The maximum Gasteiger partial charge on any atom is 0.404 e. The zero-order valence-corrected chi connectivity index (χ0v) is 15.5. The van der Waals surface area contributed by atoms with Gasteiger partial charge in [0.1, 0.15) is 5.75 Å². The molecular formula is C18H16BrClN2O3. The van der Waals surface area contributed by atoms with E-state index in [2.05, 4.69) is 26.1 Å². The number of benzene rings is 2. The molecule has 2 heterocycles. The number of hydrogen-bond acceptors (Lipinski definition) is 3. The molecule has 1 saturated heterocycles. The van der Waals surface area contributed by atoms with Crippen molar-refractivity contribution < 1.29 is 14.6 Å². The van der Waals surface area contributed by atoms with Gasteiger partial charge in [-0.05, 0) is 43.2 Å². The molecule has 1 fully saturated rings. The van der Waals surface area contributed by atoms with Crippen LogP contribution < -0.4 is 15.0 Å². The molecule has 0 unspecified atom stereocenters. The van der Waals surface area contributed by atoms with Crippen LogP contribution in [0.1, 0.15) is 24.4 Å². The average Bonchev–Trinajstić information content (AvgIpc) is 2.69. The van der Waals surface area contributed by atoms with E-state index in [1.54, 1.807) is 6.07 Å². The third kappa shape index (κ3) is 3.04. The maximum absolute atomic E-state index is 11.3. The summed E-state index contributed by atoms with van der Waals surface area (Å²) in [7, 11) is 0. The topological polar surface area (TPSA) is 61.8 Å². The summed E-state index contributed by atoms with van der Waals surface area (Å²) in [5.41, 5.74) is 1.86. The number of ether oxygens (including phenoxy) is 1. The fraction of sp³-hybridized carbons (Fsp3) is 0.278. The highest BCUT2D eigenvalue weighted by Crippen LogP contribution is 2.48. The minimum Gasteiger partial charge on any atom is -0.465 e. The summed E-state index contributed by atoms with van der Waals surface area (Å²) in [5.74, 6) is 1.45. The Kier molecular flexibility index (Phi) is 4.25. The Balaban J connectivity index is 1.90. The molecule has 4 rings (SSSR count). The zero-order chi connectivity index (χ0) is 17.6. The number of amides is 1. The van der Waals surface area contributed by atoms with Crippen molar-refractivity contribution in [1.82, 2.24) is 5.32 Å². The molecule has 1 amide bonds. The number of carboxylic acid groups (broad SMARTS) is 1. The van der Waals surface area contributed by atoms with Gasteiger partial charge in [0.25, 0.3) is 0 Å². The minimum absolute atomic E-state index is 0.146. The fourth-order valence-electron chi connectivity index (χ4n) is 3.72. The number of nitrogens with one attached hydrogen (secondary N) is 1. The van der Waals surface area contributed by atoms with Crippen molar-refractivity contribution in [3.05, 3.63) is 51.5 Å². The van der Waals surface area contributed by atoms with Crippen LogP contribution in [0.15, 0.2) is 40.9 Å². The normalized spacial score (nSPS) is 21.3. The van der Waals surface area contributed by atoms with Crippen molar-refractivity contribution in [3.8, 4) is 11.5 Å². The molecule has 0 bridgehead atoms. The van der Waals surface area contributed by atoms with Crippen molar-refractivity contribution in [1.29, 1.82) is 0 Å². The number of anilines is 1. The number of rotatable bonds is 1. The molecule has 0 aliphatic carbocycles. The predicted molar refractivity (Wildman–Crippen MR) is 99.9 cm³/mol. The zero-order valence-electron chi connectivity index (χ0n) is 13.2. The Labute approximate surface area is 158 Å². The summed E-state index contributed by atoms with van der Waals surface area (Å²) in [6, 6.07) is 11.0. The van der Waals surface area contributed by atoms with Gasteiger partial charge in [-0.25, -0.2) is 4.79 Å². The molecule has 2 N–H and O–H groups in total. The van der Waals surface area contributed by atoms with Crippen LogP contribution in [0.25, 0.3) is 0 Å². The van der Waals surface area contributed by atoms with Gasteiger partial charge in [-0.1, -0.05) is 33.6 Å². The second-order valence-corrected chi connectivity index (χ2v) is 7.58. The van der Waals surface area contributed by atoms with E-state index in [0.29, 0.717) is 5.02 Å². The Morgan fingerprint density at radius 1 is 1.28 bits per heavy atom. The molecule has 0 spiro atoms. The molecule has 25 heavy (non-hydrogen) atoms. The molecule has 2 aliphatic rings. The number of nitrogens with zero attached hydrogens (tertiary/aromatic N) is 1. The van der Waals surface area contributed by atoms with Gasteiger partial charge in [0.15, 0.2) is 5.75 Å². The lowest BCUT2D eigenvalue weighted by Crippen LogP contribution is -2.49. The Morgan fingerprint density at radius 2 is 2.12 bits per heavy atom. The number of carbonyl (C=O) groups is 1. The summed E-state index contributed by atoms with van der Waals surface area (Å²) >= 11 is 9.71. The molecule has 2 aromatic carbocycles. The smallest absolute Gasteiger partial charge is 0.404 e. The maximum atomic E-state index is 11.3. The number of piperidine rings is 1. The van der Waals surface area contributed by atoms with E-state index in [1.165, 1.54) is 0 Å². The third-order valence-corrected chi connectivity index (χ3v) is 5.41. The predicted octanol–water partition coefficient (Wildman–Crippen LogP) is 5.19. The Morgan fingerprint density at radius 3 is 2.92 bits per heavy atom. The highest BCUT2D eigenvalue weighted by Gasteiger charge is 2.38. The van der Waals surface area contributed by atoms with Gasteiger partial charge in [-0.2, -0.15) is 0 Å². The monoisotopic (exact) mass is 422 g/mol. The minimum atomic E-state index is -1.01. The molecule has 2 aliphatic heterocycles. The van der Waals surface area contributed by atoms with Gasteiger partial charge in [-0.3, -0.25) is 0 Å². The molecule has 5 nitrogen and oxygen atoms in total. The van der Waals surface area contributed by atoms with Gasteiger partial charge in [0.2, 0.25) is 0 Å². The van der Waals surface area contributed by atoms with Crippen molar-refractivity contribution in [2.24, 2.45) is 0 Å². The molecule has 7 heteroatoms. The van der Waals surface area contributed by atoms with E-state index in [-0.39, 0.29) is 12.1 Å². The van der Waals surface area contributed by atoms with E-state index >= 15 is 0 Å². The lowest BCUT2D eigenvalue weighted by molar-refractivity contribution is 0.184. The van der Waals surface area contributed by atoms with Crippen LogP contribution >= 0.6 is 27.5 Å². The highest BCUT2D eigenvalue weighted by atomic mass is 79.9. The van der Waals surface area contributed by atoms with Gasteiger partial charge in [-0.15, -0.1) is 0 Å². The van der Waals surface area contributed by atoms with Crippen molar-refractivity contribution in [2.45, 2.75) is 24.9 Å². The lowest BCUT2D eigenvalue weighted by atomic mass is 9.89. The van der Waals surface area contributed by atoms with E-state index in [9.17, 15) is 9.90 Å². The summed E-state index contributed by atoms with van der Waals surface area (Å²) < 4.78 is 7.09. The average molecular weight is 424 g/mol. The van der Waals surface area contributed by atoms with Gasteiger partial charge in [0, 0.05) is 21.6 Å². The first-order chi connectivity index (χ1) is 12.0. The van der Waals surface area contributed by atoms with Crippen LogP contribution in [0.3, 0.4) is 0 Å². The number of hydrogen-bond donors (Lipinski definition) is 2. The molecule has 2 aromatic rings. The number of halogens is 2. The molecular weight excluding hydrogens is 408 g/mol. The second-order valence-electron chi connectivity index (χ2n) is 6.23. The van der Waals surface area contributed by atoms with Crippen molar-refractivity contribution in [3.63, 3.8) is 0 Å². The Bertz CT molecular complexity index is 845. The molecule has 0 aromatic heterocycles. The third-order valence-electron chi connectivity index (χ3n) is 4.68. The van der Waals surface area contributed by atoms with Gasteiger partial charge >= 0.3 is 6.09 Å². The van der Waals surface area contributed by atoms with E-state index in [4.69, 9.17) is 16.3 Å². The van der Waals surface area contributed by atoms with Crippen LogP contribution in [-0.4, -0.2) is 23.8 Å². The van der Waals surface area contributed by atoms with Crippen molar-refractivity contribution >= 4 is 39.3 Å². The van der Waals surface area contributed by atoms with Crippen LogP contribution in [0, 0.1) is 0 Å². The van der Waals surface area contributed by atoms with Crippen molar-refractivity contribution in [2.75, 3.05) is 11.4 Å². The largest absolute Gasteiger partial charge is 0.465 e. The van der Waals surface area contributed by atoms with E-state index in [1.807, 2.05) is 30.3 Å². The van der Waals surface area contributed by atoms with E-state index < -0.39 is 6.09 Å². The fourth-order valence-corrected chi connectivity index (χ4v) is 4.23. The van der Waals surface area contributed by atoms with Crippen LogP contribution in [0.5, 0.6) is 11.5 Å². The highest BCUT2D eigenvalue weighted by molar-refractivity contribution is 9.10. The van der Waals surface area contributed by atoms with Crippen LogP contribution in [0.2, 0.25) is 5.02 Å². The molecule has 130 valence electrons. The van der Waals surface area contributed by atoms with E-state index in [0.717, 1.165) is 46.6 Å². The van der Waals surface area contributed by atoms with Gasteiger partial charge < -0.3 is 20.1 Å².